The molecule has 2 rings (SSSR count). The molecule has 2 atom stereocenters. The molecule has 1 aliphatic rings. The SMILES string of the molecule is CC(O)C(C)(C)N(C(=O)OCc1ccccc1)C(=O)[C@@H]1CCCN1. The second-order valence-electron chi connectivity index (χ2n) is 6.69. The van der Waals surface area contributed by atoms with Gasteiger partial charge in [-0.15, -0.1) is 0 Å². The van der Waals surface area contributed by atoms with Gasteiger partial charge in [-0.1, -0.05) is 30.3 Å². The summed E-state index contributed by atoms with van der Waals surface area (Å²) in [4.78, 5) is 26.5. The second-order valence-corrected chi connectivity index (χ2v) is 6.69. The van der Waals surface area contributed by atoms with Crippen LogP contribution in [0, 0.1) is 0 Å². The number of carbonyl (C=O) groups excluding carboxylic acids is 2. The number of hydrogen-bond donors (Lipinski definition) is 2. The number of ether oxygens (including phenoxy) is 1. The lowest BCUT2D eigenvalue weighted by Gasteiger charge is -2.39. The quantitative estimate of drug-likeness (QED) is 0.862. The second kappa shape index (κ2) is 7.77. The minimum Gasteiger partial charge on any atom is -0.444 e. The predicted molar refractivity (Wildman–Crippen MR) is 90.3 cm³/mol. The molecule has 0 aliphatic carbocycles. The summed E-state index contributed by atoms with van der Waals surface area (Å²) in [5.41, 5.74) is -0.220. The average molecular weight is 334 g/mol. The van der Waals surface area contributed by atoms with Crippen molar-refractivity contribution >= 4 is 12.0 Å². The van der Waals surface area contributed by atoms with E-state index in [4.69, 9.17) is 4.74 Å². The van der Waals surface area contributed by atoms with Crippen molar-refractivity contribution in [1.29, 1.82) is 0 Å². The van der Waals surface area contributed by atoms with E-state index >= 15 is 0 Å². The van der Waals surface area contributed by atoms with Gasteiger partial charge >= 0.3 is 6.09 Å². The van der Waals surface area contributed by atoms with Gasteiger partial charge in [-0.25, -0.2) is 9.69 Å². The van der Waals surface area contributed by atoms with Crippen LogP contribution in [0.15, 0.2) is 30.3 Å². The molecule has 0 bridgehead atoms. The van der Waals surface area contributed by atoms with Crippen LogP contribution < -0.4 is 5.32 Å². The number of amides is 2. The molecule has 0 saturated carbocycles. The Morgan fingerprint density at radius 2 is 2.04 bits per heavy atom. The Bertz CT molecular complexity index is 566. The van der Waals surface area contributed by atoms with Gasteiger partial charge in [0, 0.05) is 0 Å². The molecule has 1 aromatic rings. The summed E-state index contributed by atoms with van der Waals surface area (Å²) in [5, 5.41) is 13.2. The Morgan fingerprint density at radius 1 is 1.38 bits per heavy atom. The van der Waals surface area contributed by atoms with Crippen LogP contribution in [0.1, 0.15) is 39.2 Å². The molecule has 2 N–H and O–H groups in total. The molecule has 1 saturated heterocycles. The molecule has 6 heteroatoms. The number of nitrogens with zero attached hydrogens (tertiary/aromatic N) is 1. The molecule has 1 aromatic carbocycles. The maximum atomic E-state index is 12.8. The third kappa shape index (κ3) is 4.13. The summed E-state index contributed by atoms with van der Waals surface area (Å²) in [7, 11) is 0. The van der Waals surface area contributed by atoms with Gasteiger partial charge in [0.15, 0.2) is 0 Å². The van der Waals surface area contributed by atoms with E-state index < -0.39 is 23.8 Å². The van der Waals surface area contributed by atoms with Gasteiger partial charge in [-0.2, -0.15) is 0 Å². The highest BCUT2D eigenvalue weighted by Crippen LogP contribution is 2.24. The van der Waals surface area contributed by atoms with Crippen molar-refractivity contribution in [2.45, 2.75) is 57.9 Å². The highest BCUT2D eigenvalue weighted by molar-refractivity contribution is 5.96. The third-order valence-corrected chi connectivity index (χ3v) is 4.57. The largest absolute Gasteiger partial charge is 0.444 e. The van der Waals surface area contributed by atoms with Crippen LogP contribution in [0.3, 0.4) is 0 Å². The van der Waals surface area contributed by atoms with Gasteiger partial charge in [0.1, 0.15) is 6.61 Å². The van der Waals surface area contributed by atoms with E-state index in [9.17, 15) is 14.7 Å². The van der Waals surface area contributed by atoms with Crippen LogP contribution in [0.4, 0.5) is 4.79 Å². The number of hydrogen-bond acceptors (Lipinski definition) is 5. The smallest absolute Gasteiger partial charge is 0.417 e. The number of aliphatic hydroxyl groups is 1. The first-order valence-corrected chi connectivity index (χ1v) is 8.30. The number of imide groups is 1. The molecule has 2 amide bonds. The van der Waals surface area contributed by atoms with Crippen LogP contribution in [-0.2, 0) is 16.1 Å². The van der Waals surface area contributed by atoms with Crippen LogP contribution in [0.2, 0.25) is 0 Å². The maximum absolute atomic E-state index is 12.8. The maximum Gasteiger partial charge on any atom is 0.417 e. The molecule has 1 heterocycles. The molecular formula is C18H26N2O4. The average Bonchev–Trinajstić information content (AvgIpc) is 3.08. The summed E-state index contributed by atoms with van der Waals surface area (Å²) in [6, 6.07) is 8.87. The molecule has 1 unspecified atom stereocenters. The summed E-state index contributed by atoms with van der Waals surface area (Å²) in [6.07, 6.45) is -0.0501. The van der Waals surface area contributed by atoms with E-state index in [1.54, 1.807) is 20.8 Å². The summed E-state index contributed by atoms with van der Waals surface area (Å²) < 4.78 is 5.33. The Morgan fingerprint density at radius 3 is 2.58 bits per heavy atom. The van der Waals surface area contributed by atoms with Crippen LogP contribution in [0.25, 0.3) is 0 Å². The van der Waals surface area contributed by atoms with Crippen LogP contribution >= 0.6 is 0 Å². The van der Waals surface area contributed by atoms with E-state index in [1.165, 1.54) is 0 Å². The molecule has 0 spiro atoms. The van der Waals surface area contributed by atoms with Gasteiger partial charge < -0.3 is 15.2 Å². The van der Waals surface area contributed by atoms with E-state index in [1.807, 2.05) is 30.3 Å². The topological polar surface area (TPSA) is 78.9 Å². The Labute approximate surface area is 142 Å². The Balaban J connectivity index is 2.14. The van der Waals surface area contributed by atoms with Crippen molar-refractivity contribution in [3.8, 4) is 0 Å². The lowest BCUT2D eigenvalue weighted by molar-refractivity contribution is -0.139. The fourth-order valence-electron chi connectivity index (χ4n) is 2.63. The summed E-state index contributed by atoms with van der Waals surface area (Å²) >= 11 is 0. The number of nitrogens with one attached hydrogen (secondary N) is 1. The Kier molecular flexibility index (Phi) is 5.96. The molecule has 0 radical (unpaired) electrons. The normalized spacial score (nSPS) is 18.9. The molecule has 6 nitrogen and oxygen atoms in total. The highest BCUT2D eigenvalue weighted by atomic mass is 16.6. The molecule has 1 aliphatic heterocycles. The van der Waals surface area contributed by atoms with E-state index in [-0.39, 0.29) is 12.5 Å². The van der Waals surface area contributed by atoms with Crippen molar-refractivity contribution < 1.29 is 19.4 Å². The van der Waals surface area contributed by atoms with E-state index in [0.29, 0.717) is 6.42 Å². The van der Waals surface area contributed by atoms with Gasteiger partial charge in [0.25, 0.3) is 0 Å². The zero-order valence-electron chi connectivity index (χ0n) is 14.5. The fourth-order valence-corrected chi connectivity index (χ4v) is 2.63. The number of aliphatic hydroxyl groups excluding tert-OH is 1. The highest BCUT2D eigenvalue weighted by Gasteiger charge is 2.43. The van der Waals surface area contributed by atoms with Gasteiger partial charge in [-0.05, 0) is 45.7 Å². The number of benzene rings is 1. The zero-order valence-corrected chi connectivity index (χ0v) is 14.5. The lowest BCUT2D eigenvalue weighted by Crippen LogP contribution is -2.60. The first kappa shape index (κ1) is 18.4. The first-order chi connectivity index (χ1) is 11.3. The lowest BCUT2D eigenvalue weighted by atomic mass is 9.95. The predicted octanol–water partition coefficient (Wildman–Crippen LogP) is 2.06. The summed E-state index contributed by atoms with van der Waals surface area (Å²) in [6.45, 7) is 5.71. The molecule has 132 valence electrons. The number of rotatable bonds is 5. The first-order valence-electron chi connectivity index (χ1n) is 8.30. The Hall–Kier alpha value is -1.92. The monoisotopic (exact) mass is 334 g/mol. The van der Waals surface area contributed by atoms with Crippen molar-refractivity contribution in [3.63, 3.8) is 0 Å². The van der Waals surface area contributed by atoms with Crippen molar-refractivity contribution in [1.82, 2.24) is 10.2 Å². The van der Waals surface area contributed by atoms with Gasteiger partial charge in [0.2, 0.25) is 5.91 Å². The van der Waals surface area contributed by atoms with Crippen molar-refractivity contribution in [2.24, 2.45) is 0 Å². The van der Waals surface area contributed by atoms with Crippen molar-refractivity contribution in [3.05, 3.63) is 35.9 Å². The standard InChI is InChI=1S/C18H26N2O4/c1-13(21)18(2,3)20(16(22)15-10-7-11-19-15)17(23)24-12-14-8-5-4-6-9-14/h4-6,8-9,13,15,19,21H,7,10-12H2,1-3H3/t13?,15-/m0/s1. The van der Waals surface area contributed by atoms with Crippen molar-refractivity contribution in [2.75, 3.05) is 6.54 Å². The molecule has 24 heavy (non-hydrogen) atoms. The summed E-state index contributed by atoms with van der Waals surface area (Å²) in [5.74, 6) is -0.350. The van der Waals surface area contributed by atoms with Crippen LogP contribution in [0.5, 0.6) is 0 Å². The zero-order chi connectivity index (χ0) is 17.7. The molecule has 0 aromatic heterocycles. The van der Waals surface area contributed by atoms with E-state index in [0.717, 1.165) is 23.4 Å². The van der Waals surface area contributed by atoms with Gasteiger partial charge in [0.05, 0.1) is 17.7 Å². The van der Waals surface area contributed by atoms with Gasteiger partial charge in [-0.3, -0.25) is 4.79 Å². The van der Waals surface area contributed by atoms with Crippen LogP contribution in [-0.4, -0.2) is 46.2 Å². The minimum absolute atomic E-state index is 0.0808. The minimum atomic E-state index is -1.06. The third-order valence-electron chi connectivity index (χ3n) is 4.57. The fraction of sp³-hybridized carbons (Fsp3) is 0.556. The van der Waals surface area contributed by atoms with E-state index in [2.05, 4.69) is 5.32 Å². The number of carbonyl (C=O) groups is 2. The molecular weight excluding hydrogens is 308 g/mol. The molecule has 1 fully saturated rings.